The average Bonchev–Trinajstić information content (AvgIpc) is 3.31. The third-order valence-electron chi connectivity index (χ3n) is 6.30. The van der Waals surface area contributed by atoms with Gasteiger partial charge in [-0.1, -0.05) is 18.2 Å². The van der Waals surface area contributed by atoms with E-state index in [-0.39, 0.29) is 28.5 Å². The van der Waals surface area contributed by atoms with Crippen LogP contribution in [0.3, 0.4) is 0 Å². The smallest absolute Gasteiger partial charge is 0.266 e. The number of aromatic nitrogens is 4. The summed E-state index contributed by atoms with van der Waals surface area (Å²) in [7, 11) is 0. The molecule has 0 unspecified atom stereocenters. The zero-order valence-electron chi connectivity index (χ0n) is 18.8. The number of nitriles is 1. The molecule has 2 N–H and O–H groups in total. The molecular formula is C25H22FN7O. The number of anilines is 2. The Bertz CT molecular complexity index is 1530. The summed E-state index contributed by atoms with van der Waals surface area (Å²) in [6.07, 6.45) is 1.50. The highest BCUT2D eigenvalue weighted by molar-refractivity contribution is 5.82. The van der Waals surface area contributed by atoms with Gasteiger partial charge in [-0.3, -0.25) is 9.36 Å². The average molecular weight is 455 g/mol. The lowest BCUT2D eigenvalue weighted by Crippen LogP contribution is -2.33. The second-order valence-corrected chi connectivity index (χ2v) is 8.34. The van der Waals surface area contributed by atoms with E-state index < -0.39 is 5.82 Å². The van der Waals surface area contributed by atoms with Crippen LogP contribution in [0.2, 0.25) is 0 Å². The predicted molar refractivity (Wildman–Crippen MR) is 127 cm³/mol. The number of aryl methyl sites for hydroxylation is 2. The van der Waals surface area contributed by atoms with Gasteiger partial charge >= 0.3 is 0 Å². The number of benzene rings is 2. The third kappa shape index (κ3) is 3.35. The molecular weight excluding hydrogens is 433 g/mol. The van der Waals surface area contributed by atoms with Crippen LogP contribution >= 0.6 is 0 Å². The Labute approximate surface area is 195 Å². The van der Waals surface area contributed by atoms with Gasteiger partial charge in [-0.2, -0.15) is 10.2 Å². The molecule has 1 saturated heterocycles. The van der Waals surface area contributed by atoms with Crippen molar-refractivity contribution in [2.75, 3.05) is 17.2 Å². The summed E-state index contributed by atoms with van der Waals surface area (Å²) in [6.45, 7) is 3.92. The van der Waals surface area contributed by atoms with E-state index in [0.29, 0.717) is 47.1 Å². The van der Waals surface area contributed by atoms with Crippen LogP contribution in [-0.2, 0) is 0 Å². The van der Waals surface area contributed by atoms with Gasteiger partial charge in [0.1, 0.15) is 23.3 Å². The molecule has 1 fully saturated rings. The first-order chi connectivity index (χ1) is 16.4. The number of fused-ring (bicyclic) bond motifs is 1. The first-order valence-corrected chi connectivity index (χ1v) is 11.0. The highest BCUT2D eigenvalue weighted by Gasteiger charge is 2.34. The molecule has 0 spiro atoms. The summed E-state index contributed by atoms with van der Waals surface area (Å²) in [5, 5.41) is 10.0. The maximum Gasteiger partial charge on any atom is 0.266 e. The Hall–Kier alpha value is -4.32. The molecule has 8 nitrogen and oxygen atoms in total. The molecule has 2 aromatic carbocycles. The van der Waals surface area contributed by atoms with E-state index in [4.69, 9.17) is 10.7 Å². The summed E-state index contributed by atoms with van der Waals surface area (Å²) in [5.74, 6) is 0.562. The van der Waals surface area contributed by atoms with Crippen molar-refractivity contribution < 1.29 is 4.39 Å². The van der Waals surface area contributed by atoms with Gasteiger partial charge in [0.25, 0.3) is 5.56 Å². The molecule has 3 heterocycles. The molecule has 4 aromatic rings. The Kier molecular flexibility index (Phi) is 5.21. The van der Waals surface area contributed by atoms with E-state index in [9.17, 15) is 14.4 Å². The molecule has 1 atom stereocenters. The fourth-order valence-electron chi connectivity index (χ4n) is 4.68. The molecule has 34 heavy (non-hydrogen) atoms. The van der Waals surface area contributed by atoms with Gasteiger partial charge in [0, 0.05) is 6.54 Å². The second kappa shape index (κ2) is 8.23. The van der Waals surface area contributed by atoms with Crippen molar-refractivity contribution in [3.63, 3.8) is 0 Å². The monoisotopic (exact) mass is 455 g/mol. The van der Waals surface area contributed by atoms with Gasteiger partial charge in [-0.25, -0.2) is 14.4 Å². The first kappa shape index (κ1) is 21.5. The standard InChI is InChI=1S/C25H22FN7O/c1-14-18(26)10-11-19-21(14)24(34)33(16-7-4-3-5-8-16)23(30-19)20-9-6-12-32(20)22-17(13-27)15(2)29-25(28)31-22/h3-5,7-8,10-11,20H,6,9,12H2,1-2H3,(H2,28,29,31)/t20-/m0/s1. The minimum Gasteiger partial charge on any atom is -0.368 e. The van der Waals surface area contributed by atoms with Gasteiger partial charge in [-0.15, -0.1) is 0 Å². The van der Waals surface area contributed by atoms with Gasteiger partial charge < -0.3 is 10.6 Å². The maximum atomic E-state index is 14.4. The molecule has 0 saturated carbocycles. The molecule has 9 heteroatoms. The SMILES string of the molecule is Cc1nc(N)nc(N2CCC[C@H]2c2nc3ccc(F)c(C)c3c(=O)n2-c2ccccc2)c1C#N. The lowest BCUT2D eigenvalue weighted by Gasteiger charge is -2.28. The maximum absolute atomic E-state index is 14.4. The molecule has 1 aliphatic rings. The van der Waals surface area contributed by atoms with Gasteiger partial charge in [0.05, 0.1) is 28.3 Å². The molecule has 170 valence electrons. The zero-order valence-corrected chi connectivity index (χ0v) is 18.8. The predicted octanol–water partition coefficient (Wildman–Crippen LogP) is 3.73. The van der Waals surface area contributed by atoms with Crippen molar-refractivity contribution in [1.82, 2.24) is 19.5 Å². The zero-order chi connectivity index (χ0) is 24.0. The van der Waals surface area contributed by atoms with Gasteiger partial charge in [0.15, 0.2) is 5.82 Å². The molecule has 0 radical (unpaired) electrons. The van der Waals surface area contributed by atoms with E-state index in [0.717, 1.165) is 6.42 Å². The molecule has 0 aliphatic carbocycles. The normalized spacial score (nSPS) is 15.6. The minimum atomic E-state index is -0.452. The van der Waals surface area contributed by atoms with Crippen LogP contribution in [0.1, 0.15) is 41.5 Å². The third-order valence-corrected chi connectivity index (χ3v) is 6.30. The Balaban J connectivity index is 1.80. The Morgan fingerprint density at radius 3 is 2.62 bits per heavy atom. The summed E-state index contributed by atoms with van der Waals surface area (Å²) in [4.78, 5) is 29.1. The van der Waals surface area contributed by atoms with Crippen LogP contribution in [0.15, 0.2) is 47.3 Å². The number of nitrogen functional groups attached to an aromatic ring is 1. The first-order valence-electron chi connectivity index (χ1n) is 11.0. The largest absolute Gasteiger partial charge is 0.368 e. The summed E-state index contributed by atoms with van der Waals surface area (Å²) >= 11 is 0. The minimum absolute atomic E-state index is 0.0789. The summed E-state index contributed by atoms with van der Waals surface area (Å²) < 4.78 is 15.9. The summed E-state index contributed by atoms with van der Waals surface area (Å²) in [5.41, 5.74) is 7.74. The Morgan fingerprint density at radius 2 is 1.88 bits per heavy atom. The van der Waals surface area contributed by atoms with Crippen LogP contribution in [-0.4, -0.2) is 26.1 Å². The van der Waals surface area contributed by atoms with Crippen molar-refractivity contribution in [3.05, 3.63) is 81.3 Å². The number of halogens is 1. The van der Waals surface area contributed by atoms with Crippen LogP contribution in [0.25, 0.3) is 16.6 Å². The van der Waals surface area contributed by atoms with Crippen LogP contribution in [0, 0.1) is 31.0 Å². The number of para-hydroxylation sites is 1. The van der Waals surface area contributed by atoms with E-state index >= 15 is 0 Å². The highest BCUT2D eigenvalue weighted by Crippen LogP contribution is 2.37. The van der Waals surface area contributed by atoms with Crippen molar-refractivity contribution in [2.24, 2.45) is 0 Å². The highest BCUT2D eigenvalue weighted by atomic mass is 19.1. The Morgan fingerprint density at radius 1 is 1.12 bits per heavy atom. The molecule has 0 amide bonds. The van der Waals surface area contributed by atoms with E-state index in [1.165, 1.54) is 12.1 Å². The molecule has 2 aromatic heterocycles. The lowest BCUT2D eigenvalue weighted by atomic mass is 10.1. The number of nitrogens with zero attached hydrogens (tertiary/aromatic N) is 6. The lowest BCUT2D eigenvalue weighted by molar-refractivity contribution is 0.617. The number of rotatable bonds is 3. The fourth-order valence-corrected chi connectivity index (χ4v) is 4.68. The van der Waals surface area contributed by atoms with Crippen molar-refractivity contribution in [1.29, 1.82) is 5.26 Å². The number of hydrogen-bond donors (Lipinski definition) is 1. The van der Waals surface area contributed by atoms with E-state index in [1.54, 1.807) is 18.4 Å². The fraction of sp³-hybridized carbons (Fsp3) is 0.240. The van der Waals surface area contributed by atoms with Gasteiger partial charge in [0.2, 0.25) is 5.95 Å². The molecule has 1 aliphatic heterocycles. The summed E-state index contributed by atoms with van der Waals surface area (Å²) in [6, 6.07) is 13.9. The van der Waals surface area contributed by atoms with Crippen molar-refractivity contribution in [2.45, 2.75) is 32.7 Å². The molecule has 5 rings (SSSR count). The van der Waals surface area contributed by atoms with E-state index in [1.807, 2.05) is 35.2 Å². The van der Waals surface area contributed by atoms with Crippen LogP contribution in [0.5, 0.6) is 0 Å². The van der Waals surface area contributed by atoms with E-state index in [2.05, 4.69) is 16.0 Å². The molecule has 0 bridgehead atoms. The number of hydrogen-bond acceptors (Lipinski definition) is 7. The van der Waals surface area contributed by atoms with Crippen molar-refractivity contribution >= 4 is 22.7 Å². The number of nitrogens with two attached hydrogens (primary N) is 1. The van der Waals surface area contributed by atoms with Crippen LogP contribution < -0.4 is 16.2 Å². The topological polar surface area (TPSA) is 114 Å². The van der Waals surface area contributed by atoms with Crippen molar-refractivity contribution in [3.8, 4) is 11.8 Å². The second-order valence-electron chi connectivity index (χ2n) is 8.34. The van der Waals surface area contributed by atoms with Crippen LogP contribution in [0.4, 0.5) is 16.2 Å². The van der Waals surface area contributed by atoms with Gasteiger partial charge in [-0.05, 0) is 56.5 Å². The quantitative estimate of drug-likeness (QED) is 0.501.